The minimum absolute atomic E-state index is 0.0190. The van der Waals surface area contributed by atoms with Crippen LogP contribution in [0, 0.1) is 44.8 Å². The molecule has 10 heteroatoms. The zero-order valence-corrected chi connectivity index (χ0v) is 28.1. The zero-order chi connectivity index (χ0) is 32.9. The summed E-state index contributed by atoms with van der Waals surface area (Å²) in [6.07, 6.45) is -1.90. The molecule has 0 aromatic heterocycles. The first-order chi connectivity index (χ1) is 20.7. The van der Waals surface area contributed by atoms with Gasteiger partial charge in [-0.1, -0.05) is 27.7 Å². The van der Waals surface area contributed by atoms with Crippen LogP contribution in [-0.4, -0.2) is 109 Å². The molecule has 0 aromatic carbocycles. The molecule has 17 atom stereocenters. The minimum Gasteiger partial charge on any atom is -0.393 e. The van der Waals surface area contributed by atoms with Crippen LogP contribution in [0.2, 0.25) is 0 Å². The molecule has 2 saturated heterocycles. The van der Waals surface area contributed by atoms with E-state index < -0.39 is 70.9 Å². The number of fused-ring (bicyclic) bond motifs is 2. The average molecular weight is 639 g/mol. The van der Waals surface area contributed by atoms with Crippen LogP contribution < -0.4 is 0 Å². The Balaban J connectivity index is 1.18. The largest absolute Gasteiger partial charge is 0.393 e. The van der Waals surface area contributed by atoms with Crippen LogP contribution in [0.3, 0.4) is 0 Å². The lowest BCUT2D eigenvalue weighted by atomic mass is 9.40. The molecule has 2 heterocycles. The Morgan fingerprint density at radius 1 is 0.756 bits per heavy atom. The molecule has 2 aliphatic heterocycles. The smallest absolute Gasteiger partial charge is 0.186 e. The summed E-state index contributed by atoms with van der Waals surface area (Å²) in [5.74, 6) is -0.0832. The monoisotopic (exact) mass is 638 g/mol. The Kier molecular flexibility index (Phi) is 7.25. The molecule has 0 radical (unpaired) electrons. The third kappa shape index (κ3) is 3.99. The lowest BCUT2D eigenvalue weighted by Gasteiger charge is -2.65. The van der Waals surface area contributed by atoms with E-state index in [1.165, 1.54) is 0 Å². The van der Waals surface area contributed by atoms with E-state index in [0.29, 0.717) is 25.2 Å². The van der Waals surface area contributed by atoms with Crippen molar-refractivity contribution in [2.75, 3.05) is 6.61 Å². The molecule has 45 heavy (non-hydrogen) atoms. The van der Waals surface area contributed by atoms with Crippen LogP contribution in [0.15, 0.2) is 0 Å². The molecular weight excluding hydrogens is 580 g/mol. The highest BCUT2D eigenvalue weighted by Crippen LogP contribution is 2.89. The van der Waals surface area contributed by atoms with Crippen molar-refractivity contribution in [2.45, 2.75) is 166 Å². The predicted molar refractivity (Wildman–Crippen MR) is 162 cm³/mol. The van der Waals surface area contributed by atoms with Gasteiger partial charge in [0, 0.05) is 16.7 Å². The summed E-state index contributed by atoms with van der Waals surface area (Å²) in [5, 5.41) is 77.9. The predicted octanol–water partition coefficient (Wildman–Crippen LogP) is 1.87. The van der Waals surface area contributed by atoms with Crippen molar-refractivity contribution >= 4 is 0 Å². The van der Waals surface area contributed by atoms with Crippen molar-refractivity contribution < 1.29 is 50.0 Å². The highest BCUT2D eigenvalue weighted by atomic mass is 16.7. The number of hydrogen-bond acceptors (Lipinski definition) is 10. The Labute approximate surface area is 267 Å². The Hall–Kier alpha value is -0.400. The number of aliphatic hydroxyl groups is 7. The molecule has 7 rings (SSSR count). The first kappa shape index (κ1) is 33.1. The fraction of sp³-hybridized carbons (Fsp3) is 1.00. The Morgan fingerprint density at radius 2 is 1.42 bits per heavy atom. The molecule has 2 spiro atoms. The summed E-state index contributed by atoms with van der Waals surface area (Å²) in [6.45, 7) is 14.1. The third-order valence-electron chi connectivity index (χ3n) is 15.7. The van der Waals surface area contributed by atoms with Gasteiger partial charge in [0.1, 0.15) is 18.3 Å². The second-order valence-electron chi connectivity index (χ2n) is 18.2. The summed E-state index contributed by atoms with van der Waals surface area (Å²) in [5.41, 5.74) is -3.82. The minimum atomic E-state index is -1.33. The highest BCUT2D eigenvalue weighted by molar-refractivity contribution is 5.35. The molecule has 258 valence electrons. The van der Waals surface area contributed by atoms with Crippen molar-refractivity contribution in [3.05, 3.63) is 0 Å². The summed E-state index contributed by atoms with van der Waals surface area (Å²) in [6, 6.07) is 0. The summed E-state index contributed by atoms with van der Waals surface area (Å²) in [4.78, 5) is 0. The van der Waals surface area contributed by atoms with E-state index in [1.807, 2.05) is 6.92 Å². The summed E-state index contributed by atoms with van der Waals surface area (Å²) in [7, 11) is 0. The van der Waals surface area contributed by atoms with Gasteiger partial charge in [0.15, 0.2) is 6.29 Å². The van der Waals surface area contributed by atoms with Gasteiger partial charge in [0.05, 0.1) is 48.3 Å². The normalized spacial score (nSPS) is 60.4. The van der Waals surface area contributed by atoms with Crippen LogP contribution in [0.4, 0.5) is 0 Å². The lowest BCUT2D eigenvalue weighted by Crippen LogP contribution is -2.65. The Morgan fingerprint density at radius 3 is 2.07 bits per heavy atom. The van der Waals surface area contributed by atoms with E-state index in [4.69, 9.17) is 14.2 Å². The van der Waals surface area contributed by atoms with Crippen LogP contribution in [0.1, 0.15) is 99.8 Å². The SMILES string of the molecule is CC(C)(O)C1CC[C@@](C)([C@H]2[C@@H](O)[C@H](O)[C@@]3(C)[C@@H]4CC[C@H]5C(C)(C)[C@@H](O[C@@H]6OC[C@@H](O)[C@H](O)[C@H]6O)CC[C@@]56C[C@@]46C[C@H](O)[C@]23C)O1. The zero-order valence-electron chi connectivity index (χ0n) is 28.1. The molecule has 7 aliphatic rings. The van der Waals surface area contributed by atoms with Crippen LogP contribution in [0.5, 0.6) is 0 Å². The summed E-state index contributed by atoms with van der Waals surface area (Å²) >= 11 is 0. The highest BCUT2D eigenvalue weighted by Gasteiger charge is 2.86. The number of aliphatic hydroxyl groups excluding tert-OH is 6. The van der Waals surface area contributed by atoms with Crippen LogP contribution >= 0.6 is 0 Å². The number of rotatable bonds is 4. The van der Waals surface area contributed by atoms with Gasteiger partial charge in [0.25, 0.3) is 0 Å². The van der Waals surface area contributed by atoms with Crippen LogP contribution in [0.25, 0.3) is 0 Å². The molecular formula is C35H58O10. The van der Waals surface area contributed by atoms with E-state index in [0.717, 1.165) is 32.1 Å². The molecule has 5 saturated carbocycles. The standard InChI is InChI=1S/C35H58O10/c1-29(2)18-8-9-19-32(6)27(41)25(40)26(31(5)12-10-22(45-31)30(3,4)42)33(32,7)20(37)14-35(19)16-34(18,35)13-11-21(29)44-28-24(39)23(38)17(36)15-43-28/h17-28,36-42H,8-16H2,1-7H3/t17-,18+,19+,20+,21+,22?,23+,24-,25-,26-,27+,28+,31+,32-,33-,34-,35+/m1/s1. The quantitative estimate of drug-likeness (QED) is 0.226. The topological polar surface area (TPSA) is 169 Å². The maximum absolute atomic E-state index is 12.4. The van der Waals surface area contributed by atoms with Gasteiger partial charge < -0.3 is 50.0 Å². The number of hydrogen-bond donors (Lipinski definition) is 7. The van der Waals surface area contributed by atoms with Crippen molar-refractivity contribution in [1.29, 1.82) is 0 Å². The molecule has 7 fully saturated rings. The second kappa shape index (κ2) is 9.86. The molecule has 5 aliphatic carbocycles. The second-order valence-corrected chi connectivity index (χ2v) is 18.2. The first-order valence-electron chi connectivity index (χ1n) is 17.5. The lowest BCUT2D eigenvalue weighted by molar-refractivity contribution is -0.304. The molecule has 0 amide bonds. The molecule has 7 N–H and O–H groups in total. The van der Waals surface area contributed by atoms with Gasteiger partial charge >= 0.3 is 0 Å². The maximum Gasteiger partial charge on any atom is 0.186 e. The van der Waals surface area contributed by atoms with Gasteiger partial charge in [-0.3, -0.25) is 0 Å². The Bertz CT molecular complexity index is 1190. The van der Waals surface area contributed by atoms with Gasteiger partial charge in [-0.05, 0) is 100 Å². The van der Waals surface area contributed by atoms with E-state index in [-0.39, 0.29) is 41.0 Å². The van der Waals surface area contributed by atoms with Crippen molar-refractivity contribution in [3.63, 3.8) is 0 Å². The van der Waals surface area contributed by atoms with Gasteiger partial charge in [0.2, 0.25) is 0 Å². The molecule has 1 unspecified atom stereocenters. The molecule has 0 bridgehead atoms. The van der Waals surface area contributed by atoms with Crippen molar-refractivity contribution in [2.24, 2.45) is 44.8 Å². The fourth-order valence-electron chi connectivity index (χ4n) is 13.4. The van der Waals surface area contributed by atoms with E-state index in [1.54, 1.807) is 13.8 Å². The molecule has 10 nitrogen and oxygen atoms in total. The van der Waals surface area contributed by atoms with E-state index in [2.05, 4.69) is 27.7 Å². The average Bonchev–Trinajstić information content (AvgIpc) is 3.36. The van der Waals surface area contributed by atoms with Crippen molar-refractivity contribution in [1.82, 2.24) is 0 Å². The van der Waals surface area contributed by atoms with E-state index >= 15 is 0 Å². The first-order valence-corrected chi connectivity index (χ1v) is 17.5. The third-order valence-corrected chi connectivity index (χ3v) is 15.7. The van der Waals surface area contributed by atoms with Crippen molar-refractivity contribution in [3.8, 4) is 0 Å². The van der Waals surface area contributed by atoms with Crippen LogP contribution in [-0.2, 0) is 14.2 Å². The fourth-order valence-corrected chi connectivity index (χ4v) is 13.4. The van der Waals surface area contributed by atoms with E-state index in [9.17, 15) is 35.7 Å². The number of ether oxygens (including phenoxy) is 3. The van der Waals surface area contributed by atoms with Gasteiger partial charge in [-0.2, -0.15) is 0 Å². The summed E-state index contributed by atoms with van der Waals surface area (Å²) < 4.78 is 18.6. The maximum atomic E-state index is 12.4. The van der Waals surface area contributed by atoms with Gasteiger partial charge in [-0.25, -0.2) is 0 Å². The van der Waals surface area contributed by atoms with Gasteiger partial charge in [-0.15, -0.1) is 0 Å². The molecule has 0 aromatic rings.